The van der Waals surface area contributed by atoms with Crippen LogP contribution < -0.4 is 5.32 Å². The molecule has 3 rings (SSSR count). The Morgan fingerprint density at radius 1 is 1.26 bits per heavy atom. The summed E-state index contributed by atoms with van der Waals surface area (Å²) in [5.74, 6) is 0. The molecule has 1 aromatic heterocycles. The van der Waals surface area contributed by atoms with Crippen LogP contribution in [-0.2, 0) is 13.6 Å². The molecule has 3 nitrogen and oxygen atoms in total. The Morgan fingerprint density at radius 2 is 2.11 bits per heavy atom. The van der Waals surface area contributed by atoms with Crippen molar-refractivity contribution in [3.05, 3.63) is 36.0 Å². The minimum atomic E-state index is 0.718. The summed E-state index contributed by atoms with van der Waals surface area (Å²) >= 11 is 0. The van der Waals surface area contributed by atoms with Crippen LogP contribution in [0.15, 0.2) is 30.5 Å². The second kappa shape index (κ2) is 5.35. The highest BCUT2D eigenvalue weighted by atomic mass is 15.2. The molecule has 1 aliphatic heterocycles. The number of benzene rings is 1. The van der Waals surface area contributed by atoms with E-state index in [4.69, 9.17) is 0 Å². The number of hydrogen-bond acceptors (Lipinski definition) is 2. The van der Waals surface area contributed by atoms with Crippen LogP contribution in [0.25, 0.3) is 10.9 Å². The largest absolute Gasteiger partial charge is 0.350 e. The molecule has 0 saturated carbocycles. The minimum absolute atomic E-state index is 0.718. The average Bonchev–Trinajstić information content (AvgIpc) is 2.96. The Hall–Kier alpha value is -1.32. The molecule has 3 heteroatoms. The zero-order valence-corrected chi connectivity index (χ0v) is 11.9. The van der Waals surface area contributed by atoms with E-state index in [1.165, 1.54) is 35.9 Å². The van der Waals surface area contributed by atoms with E-state index in [-0.39, 0.29) is 0 Å². The normalized spacial score (nSPS) is 20.4. The summed E-state index contributed by atoms with van der Waals surface area (Å²) in [6.45, 7) is 3.31. The molecular formula is C16H23N3. The van der Waals surface area contributed by atoms with Gasteiger partial charge in [0.1, 0.15) is 0 Å². The fraction of sp³-hybridized carbons (Fsp3) is 0.500. The van der Waals surface area contributed by atoms with Gasteiger partial charge >= 0.3 is 0 Å². The number of hydrogen-bond donors (Lipinski definition) is 1. The van der Waals surface area contributed by atoms with Crippen molar-refractivity contribution in [2.24, 2.45) is 7.05 Å². The highest BCUT2D eigenvalue weighted by molar-refractivity contribution is 5.83. The number of fused-ring (bicyclic) bond motifs is 1. The predicted octanol–water partition coefficient (Wildman–Crippen LogP) is 2.36. The van der Waals surface area contributed by atoms with Gasteiger partial charge in [-0.1, -0.05) is 18.2 Å². The van der Waals surface area contributed by atoms with Crippen molar-refractivity contribution < 1.29 is 0 Å². The third-order valence-electron chi connectivity index (χ3n) is 4.35. The number of para-hydroxylation sites is 1. The molecule has 0 amide bonds. The molecule has 1 aromatic carbocycles. The molecule has 1 unspecified atom stereocenters. The molecule has 102 valence electrons. The summed E-state index contributed by atoms with van der Waals surface area (Å²) in [4.78, 5) is 2.47. The van der Waals surface area contributed by atoms with Gasteiger partial charge in [-0.05, 0) is 38.1 Å². The number of aryl methyl sites for hydroxylation is 1. The van der Waals surface area contributed by atoms with Crippen LogP contribution in [0.1, 0.15) is 18.4 Å². The minimum Gasteiger partial charge on any atom is -0.350 e. The van der Waals surface area contributed by atoms with Crippen molar-refractivity contribution in [1.29, 1.82) is 0 Å². The number of likely N-dealkylation sites (N-methyl/N-ethyl adjacent to an activating group) is 1. The van der Waals surface area contributed by atoms with Crippen molar-refractivity contribution in [3.8, 4) is 0 Å². The molecule has 2 heterocycles. The highest BCUT2D eigenvalue weighted by Gasteiger charge is 2.20. The molecule has 1 N–H and O–H groups in total. The first-order valence-electron chi connectivity index (χ1n) is 7.19. The molecule has 1 aliphatic rings. The molecule has 1 saturated heterocycles. The summed E-state index contributed by atoms with van der Waals surface area (Å²) in [5.41, 5.74) is 2.72. The van der Waals surface area contributed by atoms with Crippen LogP contribution in [0.5, 0.6) is 0 Å². The number of rotatable bonds is 4. The summed E-state index contributed by atoms with van der Waals surface area (Å²) in [6, 6.07) is 9.34. The van der Waals surface area contributed by atoms with E-state index in [0.29, 0.717) is 0 Å². The summed E-state index contributed by atoms with van der Waals surface area (Å²) < 4.78 is 2.22. The monoisotopic (exact) mass is 257 g/mol. The maximum absolute atomic E-state index is 3.62. The molecule has 0 aliphatic carbocycles. The van der Waals surface area contributed by atoms with Crippen LogP contribution >= 0.6 is 0 Å². The molecular weight excluding hydrogens is 234 g/mol. The number of aromatic nitrogens is 1. The summed E-state index contributed by atoms with van der Waals surface area (Å²) in [6.07, 6.45) is 4.92. The second-order valence-corrected chi connectivity index (χ2v) is 5.69. The smallest absolute Gasteiger partial charge is 0.0481 e. The lowest BCUT2D eigenvalue weighted by Gasteiger charge is -2.19. The maximum atomic E-state index is 3.62. The fourth-order valence-electron chi connectivity index (χ4n) is 3.18. The van der Waals surface area contributed by atoms with Gasteiger partial charge in [-0.25, -0.2) is 0 Å². The third-order valence-corrected chi connectivity index (χ3v) is 4.35. The number of likely N-dealkylation sites (tertiary alicyclic amines) is 1. The molecule has 0 radical (unpaired) electrons. The van der Waals surface area contributed by atoms with Gasteiger partial charge in [0.05, 0.1) is 0 Å². The zero-order chi connectivity index (χ0) is 13.2. The van der Waals surface area contributed by atoms with Gasteiger partial charge in [0.2, 0.25) is 0 Å². The first-order chi connectivity index (χ1) is 9.25. The second-order valence-electron chi connectivity index (χ2n) is 5.69. The summed E-state index contributed by atoms with van der Waals surface area (Å²) in [5, 5.41) is 5.00. The maximum Gasteiger partial charge on any atom is 0.0481 e. The third kappa shape index (κ3) is 2.53. The number of nitrogens with one attached hydrogen (secondary N) is 1. The Morgan fingerprint density at radius 3 is 2.89 bits per heavy atom. The van der Waals surface area contributed by atoms with E-state index < -0.39 is 0 Å². The Labute approximate surface area is 115 Å². The Kier molecular flexibility index (Phi) is 3.58. The summed E-state index contributed by atoms with van der Waals surface area (Å²) in [7, 11) is 4.36. The molecule has 0 bridgehead atoms. The van der Waals surface area contributed by atoms with Gasteiger partial charge in [-0.15, -0.1) is 0 Å². The SMILES string of the molecule is CN1CCCC1CNCc1cn(C)c2ccccc12. The van der Waals surface area contributed by atoms with Crippen molar-refractivity contribution in [2.75, 3.05) is 20.1 Å². The van der Waals surface area contributed by atoms with Gasteiger partial charge in [-0.3, -0.25) is 0 Å². The lowest BCUT2D eigenvalue weighted by Crippen LogP contribution is -2.35. The molecule has 2 aromatic rings. The number of nitrogens with zero attached hydrogens (tertiary/aromatic N) is 2. The first-order valence-corrected chi connectivity index (χ1v) is 7.19. The van der Waals surface area contributed by atoms with Crippen LogP contribution in [0.2, 0.25) is 0 Å². The standard InChI is InChI=1S/C16H23N3/c1-18-9-5-6-14(18)11-17-10-13-12-19(2)16-8-4-3-7-15(13)16/h3-4,7-8,12,14,17H,5-6,9-11H2,1-2H3. The van der Waals surface area contributed by atoms with E-state index in [2.05, 4.69) is 59.3 Å². The lowest BCUT2D eigenvalue weighted by molar-refractivity contribution is 0.300. The van der Waals surface area contributed by atoms with Gasteiger partial charge in [-0.2, -0.15) is 0 Å². The fourth-order valence-corrected chi connectivity index (χ4v) is 3.18. The first kappa shape index (κ1) is 12.7. The van der Waals surface area contributed by atoms with Crippen LogP contribution in [0.4, 0.5) is 0 Å². The van der Waals surface area contributed by atoms with E-state index in [1.807, 2.05) is 0 Å². The predicted molar refractivity (Wildman–Crippen MR) is 80.3 cm³/mol. The van der Waals surface area contributed by atoms with Crippen molar-refractivity contribution in [3.63, 3.8) is 0 Å². The Balaban J connectivity index is 1.65. The van der Waals surface area contributed by atoms with Gasteiger partial charge in [0, 0.05) is 43.3 Å². The topological polar surface area (TPSA) is 20.2 Å². The average molecular weight is 257 g/mol. The van der Waals surface area contributed by atoms with E-state index in [9.17, 15) is 0 Å². The van der Waals surface area contributed by atoms with E-state index in [0.717, 1.165) is 19.1 Å². The molecule has 0 spiro atoms. The van der Waals surface area contributed by atoms with Crippen LogP contribution in [0.3, 0.4) is 0 Å². The highest BCUT2D eigenvalue weighted by Crippen LogP contribution is 2.20. The van der Waals surface area contributed by atoms with Crippen molar-refractivity contribution in [1.82, 2.24) is 14.8 Å². The molecule has 19 heavy (non-hydrogen) atoms. The molecule has 1 fully saturated rings. The van der Waals surface area contributed by atoms with Crippen molar-refractivity contribution >= 4 is 10.9 Å². The Bertz CT molecular complexity index is 558. The van der Waals surface area contributed by atoms with Gasteiger partial charge in [0.25, 0.3) is 0 Å². The molecule has 1 atom stereocenters. The lowest BCUT2D eigenvalue weighted by atomic mass is 10.1. The van der Waals surface area contributed by atoms with E-state index in [1.54, 1.807) is 0 Å². The van der Waals surface area contributed by atoms with Gasteiger partial charge < -0.3 is 14.8 Å². The van der Waals surface area contributed by atoms with Crippen molar-refractivity contribution in [2.45, 2.75) is 25.4 Å². The van der Waals surface area contributed by atoms with E-state index >= 15 is 0 Å². The quantitative estimate of drug-likeness (QED) is 0.907. The van der Waals surface area contributed by atoms with Crippen LogP contribution in [-0.4, -0.2) is 35.6 Å². The van der Waals surface area contributed by atoms with Gasteiger partial charge in [0.15, 0.2) is 0 Å². The van der Waals surface area contributed by atoms with Crippen LogP contribution in [0, 0.1) is 0 Å². The zero-order valence-electron chi connectivity index (χ0n) is 11.9.